The van der Waals surface area contributed by atoms with E-state index in [0.29, 0.717) is 29.7 Å². The number of nitriles is 1. The van der Waals surface area contributed by atoms with Crippen LogP contribution in [0.1, 0.15) is 24.0 Å². The van der Waals surface area contributed by atoms with Gasteiger partial charge in [0.2, 0.25) is 15.9 Å². The molecule has 0 unspecified atom stereocenters. The first-order valence-corrected chi connectivity index (χ1v) is 11.9. The van der Waals surface area contributed by atoms with Gasteiger partial charge in [-0.05, 0) is 54.8 Å². The lowest BCUT2D eigenvalue weighted by Crippen LogP contribution is -2.42. The van der Waals surface area contributed by atoms with Gasteiger partial charge in [0.15, 0.2) is 0 Å². The van der Waals surface area contributed by atoms with E-state index in [9.17, 15) is 17.6 Å². The molecule has 170 valence electrons. The van der Waals surface area contributed by atoms with Crippen LogP contribution in [0.25, 0.3) is 5.69 Å². The van der Waals surface area contributed by atoms with Crippen molar-refractivity contribution in [2.45, 2.75) is 24.3 Å². The predicted molar refractivity (Wildman–Crippen MR) is 118 cm³/mol. The Hall–Kier alpha value is -3.55. The molecule has 0 radical (unpaired) electrons. The van der Waals surface area contributed by atoms with Crippen molar-refractivity contribution in [3.05, 3.63) is 78.1 Å². The van der Waals surface area contributed by atoms with Gasteiger partial charge >= 0.3 is 0 Å². The number of halogens is 1. The van der Waals surface area contributed by atoms with Crippen molar-refractivity contribution in [1.82, 2.24) is 19.2 Å². The van der Waals surface area contributed by atoms with E-state index in [1.165, 1.54) is 41.0 Å². The first-order valence-electron chi connectivity index (χ1n) is 10.4. The topological polar surface area (TPSA) is 108 Å². The van der Waals surface area contributed by atoms with E-state index < -0.39 is 15.8 Å². The van der Waals surface area contributed by atoms with Gasteiger partial charge in [-0.3, -0.25) is 4.79 Å². The fourth-order valence-electron chi connectivity index (χ4n) is 3.81. The second-order valence-electron chi connectivity index (χ2n) is 7.79. The lowest BCUT2D eigenvalue weighted by atomic mass is 9.97. The van der Waals surface area contributed by atoms with Crippen LogP contribution in [0.3, 0.4) is 0 Å². The van der Waals surface area contributed by atoms with Gasteiger partial charge in [-0.15, -0.1) is 0 Å². The molecule has 10 heteroatoms. The number of imidazole rings is 1. The molecule has 3 aromatic rings. The van der Waals surface area contributed by atoms with Crippen LogP contribution >= 0.6 is 0 Å². The number of nitrogens with zero attached hydrogens (tertiary/aromatic N) is 4. The molecule has 0 bridgehead atoms. The van der Waals surface area contributed by atoms with Crippen molar-refractivity contribution < 1.29 is 17.6 Å². The predicted octanol–water partition coefficient (Wildman–Crippen LogP) is 2.60. The van der Waals surface area contributed by atoms with Gasteiger partial charge in [0.05, 0.1) is 28.5 Å². The summed E-state index contributed by atoms with van der Waals surface area (Å²) in [5.41, 5.74) is 1.39. The first-order chi connectivity index (χ1) is 15.9. The number of rotatable bonds is 6. The molecule has 0 aliphatic carbocycles. The van der Waals surface area contributed by atoms with Crippen LogP contribution in [0.15, 0.2) is 66.1 Å². The number of sulfonamides is 1. The van der Waals surface area contributed by atoms with Gasteiger partial charge in [0.25, 0.3) is 0 Å². The van der Waals surface area contributed by atoms with Crippen LogP contribution in [0.2, 0.25) is 0 Å². The number of piperidine rings is 1. The van der Waals surface area contributed by atoms with Crippen molar-refractivity contribution in [3.8, 4) is 11.8 Å². The highest BCUT2D eigenvalue weighted by Crippen LogP contribution is 2.24. The molecule has 0 saturated carbocycles. The molecule has 0 spiro atoms. The van der Waals surface area contributed by atoms with Crippen molar-refractivity contribution >= 4 is 15.9 Å². The minimum absolute atomic E-state index is 0.130. The zero-order chi connectivity index (χ0) is 23.4. The molecule has 1 N–H and O–H groups in total. The molecule has 1 fully saturated rings. The standard InChI is InChI=1S/C23H22FN5O3S/c24-21-13-18(3-6-22(21)28-12-9-26-16-28)15-27-23(30)19-7-10-29(11-8-19)33(31,32)20-4-1-17(14-25)2-5-20/h1-6,9,12-13,16,19H,7-8,10-11,15H2,(H,27,30). The van der Waals surface area contributed by atoms with Crippen molar-refractivity contribution in [2.24, 2.45) is 5.92 Å². The highest BCUT2D eigenvalue weighted by molar-refractivity contribution is 7.89. The molecule has 1 saturated heterocycles. The molecule has 1 amide bonds. The maximum Gasteiger partial charge on any atom is 0.243 e. The van der Waals surface area contributed by atoms with Crippen LogP contribution in [0, 0.1) is 23.1 Å². The SMILES string of the molecule is N#Cc1ccc(S(=O)(=O)N2CCC(C(=O)NCc3ccc(-n4ccnc4)c(F)c3)CC2)cc1. The van der Waals surface area contributed by atoms with Crippen molar-refractivity contribution in [3.63, 3.8) is 0 Å². The van der Waals surface area contributed by atoms with E-state index in [1.54, 1.807) is 29.1 Å². The zero-order valence-corrected chi connectivity index (χ0v) is 18.5. The molecule has 8 nitrogen and oxygen atoms in total. The summed E-state index contributed by atoms with van der Waals surface area (Å²) >= 11 is 0. The maximum atomic E-state index is 14.4. The Labute approximate surface area is 191 Å². The maximum absolute atomic E-state index is 14.4. The summed E-state index contributed by atoms with van der Waals surface area (Å²) < 4.78 is 43.0. The molecule has 4 rings (SSSR count). The Morgan fingerprint density at radius 3 is 2.52 bits per heavy atom. The number of benzene rings is 2. The van der Waals surface area contributed by atoms with E-state index in [1.807, 2.05) is 6.07 Å². The summed E-state index contributed by atoms with van der Waals surface area (Å²) in [5.74, 6) is -0.905. The minimum Gasteiger partial charge on any atom is -0.352 e. The molecular formula is C23H22FN5O3S. The van der Waals surface area contributed by atoms with Crippen LogP contribution in [0.4, 0.5) is 4.39 Å². The van der Waals surface area contributed by atoms with Gasteiger partial charge in [0, 0.05) is 37.9 Å². The van der Waals surface area contributed by atoms with Crippen LogP contribution in [-0.2, 0) is 21.4 Å². The molecule has 33 heavy (non-hydrogen) atoms. The lowest BCUT2D eigenvalue weighted by molar-refractivity contribution is -0.126. The van der Waals surface area contributed by atoms with Gasteiger partial charge in [-0.2, -0.15) is 9.57 Å². The smallest absolute Gasteiger partial charge is 0.243 e. The third-order valence-corrected chi connectivity index (χ3v) is 7.62. The number of carbonyl (C=O) groups is 1. The molecule has 1 aliphatic heterocycles. The van der Waals surface area contributed by atoms with E-state index in [-0.39, 0.29) is 36.4 Å². The van der Waals surface area contributed by atoms with Crippen molar-refractivity contribution in [1.29, 1.82) is 5.26 Å². The van der Waals surface area contributed by atoms with Gasteiger partial charge < -0.3 is 9.88 Å². The number of aromatic nitrogens is 2. The van der Waals surface area contributed by atoms with Gasteiger partial charge in [-0.25, -0.2) is 17.8 Å². The summed E-state index contributed by atoms with van der Waals surface area (Å²) in [6.45, 7) is 0.646. The zero-order valence-electron chi connectivity index (χ0n) is 17.7. The largest absolute Gasteiger partial charge is 0.352 e. The van der Waals surface area contributed by atoms with E-state index >= 15 is 0 Å². The summed E-state index contributed by atoms with van der Waals surface area (Å²) in [4.78, 5) is 16.6. The number of carbonyl (C=O) groups excluding carboxylic acids is 1. The second kappa shape index (κ2) is 9.52. The molecule has 0 atom stereocenters. The van der Waals surface area contributed by atoms with Crippen LogP contribution in [0.5, 0.6) is 0 Å². The Bertz CT molecular complexity index is 1280. The first kappa shape index (κ1) is 22.6. The van der Waals surface area contributed by atoms with E-state index in [2.05, 4.69) is 10.3 Å². The van der Waals surface area contributed by atoms with Crippen molar-refractivity contribution in [2.75, 3.05) is 13.1 Å². The van der Waals surface area contributed by atoms with Crippen LogP contribution in [-0.4, -0.2) is 41.3 Å². The second-order valence-corrected chi connectivity index (χ2v) is 9.73. The number of hydrogen-bond donors (Lipinski definition) is 1. The van der Waals surface area contributed by atoms with Gasteiger partial charge in [0.1, 0.15) is 5.82 Å². The molecule has 2 heterocycles. The van der Waals surface area contributed by atoms with Gasteiger partial charge in [-0.1, -0.05) is 6.07 Å². The molecule has 1 aliphatic rings. The monoisotopic (exact) mass is 467 g/mol. The van der Waals surface area contributed by atoms with E-state index in [0.717, 1.165) is 0 Å². The summed E-state index contributed by atoms with van der Waals surface area (Å²) in [6.07, 6.45) is 5.51. The Balaban J connectivity index is 1.31. The van der Waals surface area contributed by atoms with Crippen LogP contribution < -0.4 is 5.32 Å². The fraction of sp³-hybridized carbons (Fsp3) is 0.261. The molecule has 1 aromatic heterocycles. The Morgan fingerprint density at radius 1 is 1.18 bits per heavy atom. The minimum atomic E-state index is -3.67. The number of nitrogens with one attached hydrogen (secondary N) is 1. The summed E-state index contributed by atoms with van der Waals surface area (Å²) in [6, 6.07) is 12.5. The molecule has 2 aromatic carbocycles. The Morgan fingerprint density at radius 2 is 1.91 bits per heavy atom. The number of amides is 1. The van der Waals surface area contributed by atoms with E-state index in [4.69, 9.17) is 5.26 Å². The average Bonchev–Trinajstić information content (AvgIpc) is 3.37. The summed E-state index contributed by atoms with van der Waals surface area (Å²) in [5, 5.41) is 11.7. The quantitative estimate of drug-likeness (QED) is 0.600. The average molecular weight is 468 g/mol. The number of hydrogen-bond acceptors (Lipinski definition) is 5. The normalized spacial score (nSPS) is 15.2. The highest BCUT2D eigenvalue weighted by Gasteiger charge is 2.32. The third kappa shape index (κ3) is 4.94. The fourth-order valence-corrected chi connectivity index (χ4v) is 5.28. The summed E-state index contributed by atoms with van der Waals surface area (Å²) in [7, 11) is -3.67. The Kier molecular flexibility index (Phi) is 6.53. The highest BCUT2D eigenvalue weighted by atomic mass is 32.2. The molecular weight excluding hydrogens is 445 g/mol. The third-order valence-electron chi connectivity index (χ3n) is 5.71. The lowest BCUT2D eigenvalue weighted by Gasteiger charge is -2.30.